The van der Waals surface area contributed by atoms with Crippen LogP contribution in [0.15, 0.2) is 12.4 Å². The molecule has 1 fully saturated rings. The Hall–Kier alpha value is -2.53. The van der Waals surface area contributed by atoms with Crippen LogP contribution in [0.4, 0.5) is 10.5 Å². The van der Waals surface area contributed by atoms with Gasteiger partial charge in [0.25, 0.3) is 0 Å². The minimum atomic E-state index is -0.362. The number of urea groups is 1. The van der Waals surface area contributed by atoms with E-state index in [-0.39, 0.29) is 37.2 Å². The Morgan fingerprint density at radius 3 is 2.75 bits per heavy atom. The van der Waals surface area contributed by atoms with Crippen LogP contribution in [-0.4, -0.2) is 58.5 Å². The van der Waals surface area contributed by atoms with Gasteiger partial charge >= 0.3 is 6.03 Å². The van der Waals surface area contributed by atoms with Gasteiger partial charge in [-0.2, -0.15) is 5.10 Å². The van der Waals surface area contributed by atoms with Gasteiger partial charge in [-0.15, -0.1) is 5.92 Å². The molecule has 1 aliphatic heterocycles. The Labute approximate surface area is 141 Å². The molecule has 24 heavy (non-hydrogen) atoms. The van der Waals surface area contributed by atoms with Gasteiger partial charge in [0.1, 0.15) is 6.54 Å². The molecule has 3 amide bonds. The van der Waals surface area contributed by atoms with Crippen LogP contribution < -0.4 is 10.6 Å². The lowest BCUT2D eigenvalue weighted by Crippen LogP contribution is -2.49. The topological polar surface area (TPSA) is 88.5 Å². The fourth-order valence-corrected chi connectivity index (χ4v) is 2.52. The summed E-state index contributed by atoms with van der Waals surface area (Å²) >= 11 is 0. The van der Waals surface area contributed by atoms with Crippen molar-refractivity contribution >= 4 is 17.6 Å². The molecule has 0 radical (unpaired) electrons. The first kappa shape index (κ1) is 17.8. The van der Waals surface area contributed by atoms with Crippen molar-refractivity contribution in [2.45, 2.75) is 39.5 Å². The number of anilines is 1. The fourth-order valence-electron chi connectivity index (χ4n) is 2.52. The van der Waals surface area contributed by atoms with Crippen LogP contribution in [-0.2, 0) is 16.1 Å². The van der Waals surface area contributed by atoms with E-state index in [1.54, 1.807) is 18.0 Å². The highest BCUT2D eigenvalue weighted by molar-refractivity contribution is 5.89. The highest BCUT2D eigenvalue weighted by atomic mass is 16.5. The summed E-state index contributed by atoms with van der Waals surface area (Å²) in [5.74, 6) is 5.41. The van der Waals surface area contributed by atoms with E-state index in [4.69, 9.17) is 4.74 Å². The highest BCUT2D eigenvalue weighted by Crippen LogP contribution is 2.12. The van der Waals surface area contributed by atoms with Gasteiger partial charge in [-0.1, -0.05) is 5.92 Å². The number of rotatable bonds is 4. The van der Waals surface area contributed by atoms with Gasteiger partial charge in [-0.3, -0.25) is 9.48 Å². The minimum Gasteiger partial charge on any atom is -0.372 e. The molecule has 1 saturated heterocycles. The number of amides is 3. The lowest BCUT2D eigenvalue weighted by atomic mass is 10.2. The molecule has 2 heterocycles. The molecule has 1 aromatic rings. The van der Waals surface area contributed by atoms with Crippen molar-refractivity contribution in [2.75, 3.05) is 25.0 Å². The molecule has 0 aromatic carbocycles. The highest BCUT2D eigenvalue weighted by Gasteiger charge is 2.25. The first-order valence-electron chi connectivity index (χ1n) is 7.88. The average molecular weight is 333 g/mol. The zero-order valence-electron chi connectivity index (χ0n) is 14.2. The second kappa shape index (κ2) is 8.36. The van der Waals surface area contributed by atoms with Gasteiger partial charge < -0.3 is 20.3 Å². The number of nitrogens with one attached hydrogen (secondary N) is 2. The van der Waals surface area contributed by atoms with E-state index >= 15 is 0 Å². The van der Waals surface area contributed by atoms with Crippen molar-refractivity contribution in [2.24, 2.45) is 0 Å². The van der Waals surface area contributed by atoms with Crippen molar-refractivity contribution in [3.8, 4) is 11.8 Å². The number of carbonyl (C=O) groups is 2. The van der Waals surface area contributed by atoms with Gasteiger partial charge in [0.15, 0.2) is 0 Å². The van der Waals surface area contributed by atoms with E-state index in [2.05, 4.69) is 27.6 Å². The lowest BCUT2D eigenvalue weighted by Gasteiger charge is -2.35. The maximum atomic E-state index is 12.4. The van der Waals surface area contributed by atoms with Crippen molar-refractivity contribution in [3.63, 3.8) is 0 Å². The average Bonchev–Trinajstić information content (AvgIpc) is 2.93. The number of ether oxygens (including phenoxy) is 1. The Balaban J connectivity index is 1.85. The molecule has 2 rings (SSSR count). The number of hydrogen-bond donors (Lipinski definition) is 2. The maximum Gasteiger partial charge on any atom is 0.320 e. The maximum absolute atomic E-state index is 12.4. The number of morpholine rings is 1. The van der Waals surface area contributed by atoms with Crippen LogP contribution >= 0.6 is 0 Å². The molecule has 2 N–H and O–H groups in total. The Morgan fingerprint density at radius 2 is 2.08 bits per heavy atom. The molecule has 0 saturated carbocycles. The summed E-state index contributed by atoms with van der Waals surface area (Å²) in [6, 6.07) is -0.362. The molecular formula is C16H23N5O3. The summed E-state index contributed by atoms with van der Waals surface area (Å²) in [5, 5.41) is 9.34. The van der Waals surface area contributed by atoms with Crippen LogP contribution in [0, 0.1) is 11.8 Å². The van der Waals surface area contributed by atoms with Crippen LogP contribution in [0.2, 0.25) is 0 Å². The van der Waals surface area contributed by atoms with E-state index in [1.807, 2.05) is 13.8 Å². The number of carbonyl (C=O) groups excluding carboxylic acids is 2. The monoisotopic (exact) mass is 333 g/mol. The Kier molecular flexibility index (Phi) is 6.21. The number of nitrogens with zero attached hydrogens (tertiary/aromatic N) is 3. The van der Waals surface area contributed by atoms with Gasteiger partial charge in [-0.05, 0) is 20.8 Å². The van der Waals surface area contributed by atoms with E-state index in [0.29, 0.717) is 18.8 Å². The second-order valence-corrected chi connectivity index (χ2v) is 5.72. The van der Waals surface area contributed by atoms with Crippen LogP contribution in [0.3, 0.4) is 0 Å². The van der Waals surface area contributed by atoms with Gasteiger partial charge in [0.2, 0.25) is 5.91 Å². The summed E-state index contributed by atoms with van der Waals surface area (Å²) in [6.07, 6.45) is 3.18. The predicted molar refractivity (Wildman–Crippen MR) is 89.3 cm³/mol. The standard InChI is InChI=1S/C16H23N5O3/c1-4-5-6-17-16(23)19-14-7-18-21(10-14)11-15(22)20-8-12(2)24-13(3)9-20/h7,10,12-13H,6,8-9,11H2,1-3H3,(H2,17,19,23)/t12-,13+. The van der Waals surface area contributed by atoms with Crippen molar-refractivity contribution < 1.29 is 14.3 Å². The molecule has 0 bridgehead atoms. The number of aromatic nitrogens is 2. The van der Waals surface area contributed by atoms with Crippen LogP contribution in [0.1, 0.15) is 20.8 Å². The molecule has 0 aliphatic carbocycles. The first-order valence-corrected chi connectivity index (χ1v) is 7.88. The third-order valence-corrected chi connectivity index (χ3v) is 3.47. The molecule has 8 nitrogen and oxygen atoms in total. The largest absolute Gasteiger partial charge is 0.372 e. The Morgan fingerprint density at radius 1 is 1.38 bits per heavy atom. The van der Waals surface area contributed by atoms with Gasteiger partial charge in [-0.25, -0.2) is 4.79 Å². The smallest absolute Gasteiger partial charge is 0.320 e. The third kappa shape index (κ3) is 5.28. The zero-order chi connectivity index (χ0) is 17.5. The molecular weight excluding hydrogens is 310 g/mol. The van der Waals surface area contributed by atoms with E-state index in [9.17, 15) is 9.59 Å². The summed E-state index contributed by atoms with van der Waals surface area (Å²) < 4.78 is 7.13. The molecule has 130 valence electrons. The molecule has 2 atom stereocenters. The predicted octanol–water partition coefficient (Wildman–Crippen LogP) is 0.664. The van der Waals surface area contributed by atoms with Crippen LogP contribution in [0.25, 0.3) is 0 Å². The van der Waals surface area contributed by atoms with Crippen molar-refractivity contribution in [3.05, 3.63) is 12.4 Å². The quantitative estimate of drug-likeness (QED) is 0.793. The lowest BCUT2D eigenvalue weighted by molar-refractivity contribution is -0.144. The molecule has 1 aromatic heterocycles. The summed E-state index contributed by atoms with van der Waals surface area (Å²) in [5.41, 5.74) is 0.522. The molecule has 0 unspecified atom stereocenters. The normalized spacial score (nSPS) is 20.0. The summed E-state index contributed by atoms with van der Waals surface area (Å²) in [4.78, 5) is 25.8. The van der Waals surface area contributed by atoms with Gasteiger partial charge in [0, 0.05) is 19.3 Å². The Bertz CT molecular complexity index is 636. The zero-order valence-corrected chi connectivity index (χ0v) is 14.2. The van der Waals surface area contributed by atoms with E-state index in [0.717, 1.165) is 0 Å². The summed E-state index contributed by atoms with van der Waals surface area (Å²) in [7, 11) is 0. The summed E-state index contributed by atoms with van der Waals surface area (Å²) in [6.45, 7) is 7.18. The van der Waals surface area contributed by atoms with E-state index < -0.39 is 0 Å². The van der Waals surface area contributed by atoms with Crippen molar-refractivity contribution in [1.82, 2.24) is 20.0 Å². The fraction of sp³-hybridized carbons (Fsp3) is 0.562. The van der Waals surface area contributed by atoms with Crippen LogP contribution in [0.5, 0.6) is 0 Å². The van der Waals surface area contributed by atoms with Gasteiger partial charge in [0.05, 0.1) is 30.6 Å². The third-order valence-electron chi connectivity index (χ3n) is 3.47. The van der Waals surface area contributed by atoms with E-state index in [1.165, 1.54) is 10.9 Å². The number of hydrogen-bond acceptors (Lipinski definition) is 4. The second-order valence-electron chi connectivity index (χ2n) is 5.72. The van der Waals surface area contributed by atoms with Crippen molar-refractivity contribution in [1.29, 1.82) is 0 Å². The molecule has 0 spiro atoms. The minimum absolute atomic E-state index is 0.0191. The molecule has 8 heteroatoms. The first-order chi connectivity index (χ1) is 11.5. The molecule has 1 aliphatic rings. The SMILES string of the molecule is CC#CCNC(=O)Nc1cnn(CC(=O)N2C[C@@H](C)O[C@@H](C)C2)c1.